The van der Waals surface area contributed by atoms with Gasteiger partial charge in [0.25, 0.3) is 5.60 Å². The maximum atomic E-state index is 13.7. The van der Waals surface area contributed by atoms with Crippen molar-refractivity contribution < 1.29 is 32.2 Å². The molecule has 1 rings (SSSR count). The third-order valence-electron chi connectivity index (χ3n) is 3.38. The summed E-state index contributed by atoms with van der Waals surface area (Å²) < 4.78 is 50.5. The number of nitrogens with one attached hydrogen (secondary N) is 1. The van der Waals surface area contributed by atoms with Gasteiger partial charge in [-0.05, 0) is 6.92 Å². The zero-order chi connectivity index (χ0) is 19.1. The molecule has 5 nitrogen and oxygen atoms in total. The third-order valence-corrected chi connectivity index (χ3v) is 3.38. The molecule has 0 fully saturated rings. The number of carbonyl (C=O) groups excluding carboxylic acids is 2. The molecule has 25 heavy (non-hydrogen) atoms. The summed E-state index contributed by atoms with van der Waals surface area (Å²) in [4.78, 5) is 23.5. The van der Waals surface area contributed by atoms with Crippen LogP contribution < -0.4 is 5.32 Å². The summed E-state index contributed by atoms with van der Waals surface area (Å²) in [6.07, 6.45) is -1.96. The van der Waals surface area contributed by atoms with Crippen LogP contribution in [0.5, 0.6) is 0 Å². The minimum absolute atomic E-state index is 0.392. The fourth-order valence-electron chi connectivity index (χ4n) is 2.29. The predicted molar refractivity (Wildman–Crippen MR) is 84.6 cm³/mol. The van der Waals surface area contributed by atoms with Gasteiger partial charge in [-0.1, -0.05) is 42.5 Å². The number of rotatable bonds is 7. The van der Waals surface area contributed by atoms with Crippen LogP contribution in [0.2, 0.25) is 0 Å². The molecule has 0 aromatic heterocycles. The third kappa shape index (κ3) is 4.82. The number of ether oxygens (including phenoxy) is 2. The molecule has 8 heteroatoms. The second kappa shape index (κ2) is 8.66. The first-order valence-corrected chi connectivity index (χ1v) is 7.43. The largest absolute Gasteiger partial charge is 0.460 e. The smallest absolute Gasteiger partial charge is 0.432 e. The van der Waals surface area contributed by atoms with Crippen molar-refractivity contribution in [3.05, 3.63) is 48.0 Å². The number of benzene rings is 1. The number of alkyl halides is 3. The van der Waals surface area contributed by atoms with Crippen LogP contribution >= 0.6 is 0 Å². The van der Waals surface area contributed by atoms with Gasteiger partial charge in [0.05, 0.1) is 6.04 Å². The van der Waals surface area contributed by atoms with Crippen LogP contribution in [0, 0.1) is 0 Å². The number of esters is 1. The summed E-state index contributed by atoms with van der Waals surface area (Å²) in [6.45, 7) is 2.45. The van der Waals surface area contributed by atoms with Crippen molar-refractivity contribution in [2.24, 2.45) is 0 Å². The van der Waals surface area contributed by atoms with Crippen molar-refractivity contribution in [3.63, 3.8) is 0 Å². The van der Waals surface area contributed by atoms with Crippen molar-refractivity contribution in [1.29, 1.82) is 0 Å². The molecule has 0 aliphatic rings. The van der Waals surface area contributed by atoms with E-state index >= 15 is 0 Å². The van der Waals surface area contributed by atoms with Crippen LogP contribution in [0.15, 0.2) is 42.5 Å². The van der Waals surface area contributed by atoms with E-state index in [2.05, 4.69) is 10.1 Å². The summed E-state index contributed by atoms with van der Waals surface area (Å²) in [5.74, 6) is -2.01. The molecule has 0 heterocycles. The highest BCUT2D eigenvalue weighted by Crippen LogP contribution is 2.42. The van der Waals surface area contributed by atoms with Crippen molar-refractivity contribution in [3.8, 4) is 0 Å². The van der Waals surface area contributed by atoms with Crippen molar-refractivity contribution in [2.45, 2.75) is 31.7 Å². The number of hydrogen-bond acceptors (Lipinski definition) is 4. The van der Waals surface area contributed by atoms with Crippen LogP contribution in [0.1, 0.15) is 19.4 Å². The first-order chi connectivity index (χ1) is 11.7. The van der Waals surface area contributed by atoms with Gasteiger partial charge < -0.3 is 14.8 Å². The van der Waals surface area contributed by atoms with Crippen molar-refractivity contribution in [2.75, 3.05) is 13.7 Å². The number of methoxy groups -OCH3 is 1. The van der Waals surface area contributed by atoms with Crippen LogP contribution in [0.4, 0.5) is 13.2 Å². The van der Waals surface area contributed by atoms with Gasteiger partial charge in [0.2, 0.25) is 5.91 Å². The lowest BCUT2D eigenvalue weighted by atomic mass is 9.93. The number of halogens is 3. The lowest BCUT2D eigenvalue weighted by molar-refractivity contribution is -0.276. The van der Waals surface area contributed by atoms with Crippen LogP contribution in [0.3, 0.4) is 0 Å². The number of hydrogen-bond donors (Lipinski definition) is 1. The Hall–Kier alpha value is -2.35. The maximum Gasteiger partial charge on any atom is 0.432 e. The molecular formula is C17H20F3NO4. The summed E-state index contributed by atoms with van der Waals surface area (Å²) >= 11 is 0. The fourth-order valence-corrected chi connectivity index (χ4v) is 2.29. The summed E-state index contributed by atoms with van der Waals surface area (Å²) in [5.41, 5.74) is -3.64. The second-order valence-electron chi connectivity index (χ2n) is 5.18. The molecule has 1 aromatic carbocycles. The van der Waals surface area contributed by atoms with Gasteiger partial charge in [-0.25, -0.2) is 4.79 Å². The Kier molecular flexibility index (Phi) is 7.17. The van der Waals surface area contributed by atoms with Gasteiger partial charge in [0, 0.05) is 19.6 Å². The van der Waals surface area contributed by atoms with E-state index in [1.54, 1.807) is 13.0 Å². The van der Waals surface area contributed by atoms with E-state index in [4.69, 9.17) is 4.74 Å². The van der Waals surface area contributed by atoms with E-state index in [0.29, 0.717) is 0 Å². The summed E-state index contributed by atoms with van der Waals surface area (Å²) in [6, 6.07) is 5.77. The molecule has 0 aliphatic carbocycles. The Morgan fingerprint density at radius 2 is 1.84 bits per heavy atom. The Balaban J connectivity index is 3.11. The average molecular weight is 359 g/mol. The number of amides is 1. The minimum atomic E-state index is -5.04. The molecule has 1 N–H and O–H groups in total. The average Bonchev–Trinajstić information content (AvgIpc) is 2.53. The molecule has 1 amide bonds. The molecule has 0 saturated heterocycles. The second-order valence-corrected chi connectivity index (χ2v) is 5.18. The first-order valence-electron chi connectivity index (χ1n) is 7.43. The molecule has 0 spiro atoms. The van der Waals surface area contributed by atoms with E-state index in [0.717, 1.165) is 19.2 Å². The number of carbonyl (C=O) groups is 2. The molecule has 0 aliphatic heterocycles. The molecular weight excluding hydrogens is 339 g/mol. The van der Waals surface area contributed by atoms with Gasteiger partial charge in [0.1, 0.15) is 6.61 Å². The first kappa shape index (κ1) is 20.7. The highest BCUT2D eigenvalue weighted by Gasteiger charge is 2.64. The van der Waals surface area contributed by atoms with Gasteiger partial charge >= 0.3 is 12.1 Å². The zero-order valence-corrected chi connectivity index (χ0v) is 14.1. The van der Waals surface area contributed by atoms with Gasteiger partial charge in [-0.15, -0.1) is 0 Å². The normalized spacial score (nSPS) is 15.4. The highest BCUT2D eigenvalue weighted by atomic mass is 19.4. The maximum absolute atomic E-state index is 13.7. The van der Waals surface area contributed by atoms with Crippen molar-refractivity contribution >= 4 is 11.9 Å². The topological polar surface area (TPSA) is 64.6 Å². The van der Waals surface area contributed by atoms with Crippen molar-refractivity contribution in [1.82, 2.24) is 5.32 Å². The Bertz CT molecular complexity index is 616. The van der Waals surface area contributed by atoms with E-state index < -0.39 is 41.9 Å². The summed E-state index contributed by atoms with van der Waals surface area (Å²) in [7, 11) is 0.791. The molecule has 0 saturated carbocycles. The Morgan fingerprint density at radius 3 is 2.28 bits per heavy atom. The van der Waals surface area contributed by atoms with Crippen LogP contribution in [-0.4, -0.2) is 37.8 Å². The molecule has 0 unspecified atom stereocenters. The lowest BCUT2D eigenvalue weighted by Crippen LogP contribution is -2.52. The van der Waals surface area contributed by atoms with Gasteiger partial charge in [0.15, 0.2) is 0 Å². The van der Waals surface area contributed by atoms with E-state index in [1.165, 1.54) is 31.2 Å². The molecule has 0 bridgehead atoms. The number of allylic oxidation sites excluding steroid dienone is 1. The molecule has 138 valence electrons. The lowest BCUT2D eigenvalue weighted by Gasteiger charge is -2.32. The van der Waals surface area contributed by atoms with Gasteiger partial charge in [-0.2, -0.15) is 13.2 Å². The Labute approximate surface area is 143 Å². The minimum Gasteiger partial charge on any atom is -0.460 e. The molecule has 1 aromatic rings. The van der Waals surface area contributed by atoms with E-state index in [-0.39, 0.29) is 0 Å². The van der Waals surface area contributed by atoms with Crippen LogP contribution in [0.25, 0.3) is 0 Å². The van der Waals surface area contributed by atoms with E-state index in [9.17, 15) is 22.8 Å². The molecule has 2 atom stereocenters. The Morgan fingerprint density at radius 1 is 1.24 bits per heavy atom. The zero-order valence-electron chi connectivity index (χ0n) is 14.1. The quantitative estimate of drug-likeness (QED) is 0.601. The SMILES string of the molecule is C/C=C/[C@@H](COC(=O)[C@](OC)(c1ccccc1)C(F)(F)F)NC(C)=O. The monoisotopic (exact) mass is 359 g/mol. The van der Waals surface area contributed by atoms with Gasteiger partial charge in [-0.3, -0.25) is 4.79 Å². The fraction of sp³-hybridized carbons (Fsp3) is 0.412. The van der Waals surface area contributed by atoms with Crippen LogP contribution in [-0.2, 0) is 24.7 Å². The molecule has 0 radical (unpaired) electrons. The predicted octanol–water partition coefficient (Wildman–Crippen LogP) is 2.71. The highest BCUT2D eigenvalue weighted by molar-refractivity contribution is 5.82. The summed E-state index contributed by atoms with van der Waals surface area (Å²) in [5, 5.41) is 2.46. The standard InChI is InChI=1S/C17H20F3NO4/c1-4-8-14(21-12(2)22)11-25-15(23)16(24-3,17(18,19)20)13-9-6-5-7-10-13/h4-10,14H,11H2,1-3H3,(H,21,22)/b8-4+/t14-,16+/m0/s1. The van der Waals surface area contributed by atoms with E-state index in [1.807, 2.05) is 0 Å².